The molecule has 2 aromatic rings. The van der Waals surface area contributed by atoms with E-state index in [2.05, 4.69) is 50.7 Å². The SMILES string of the molecule is CCNC(Cc1cccnc1)Cc1cc(Br)cs1. The molecule has 2 aromatic heterocycles. The molecule has 1 unspecified atom stereocenters. The predicted molar refractivity (Wildman–Crippen MR) is 81.1 cm³/mol. The molecule has 0 amide bonds. The van der Waals surface area contributed by atoms with Gasteiger partial charge in [-0.3, -0.25) is 4.98 Å². The molecule has 0 spiro atoms. The lowest BCUT2D eigenvalue weighted by atomic mass is 10.0. The summed E-state index contributed by atoms with van der Waals surface area (Å²) >= 11 is 5.32. The second kappa shape index (κ2) is 7.02. The van der Waals surface area contributed by atoms with Crippen LogP contribution in [0, 0.1) is 0 Å². The van der Waals surface area contributed by atoms with Crippen LogP contribution in [0.3, 0.4) is 0 Å². The van der Waals surface area contributed by atoms with E-state index in [9.17, 15) is 0 Å². The minimum Gasteiger partial charge on any atom is -0.314 e. The van der Waals surface area contributed by atoms with Crippen molar-refractivity contribution in [3.05, 3.63) is 50.9 Å². The molecule has 1 atom stereocenters. The molecule has 0 aliphatic rings. The lowest BCUT2D eigenvalue weighted by Crippen LogP contribution is -2.32. The van der Waals surface area contributed by atoms with Crippen LogP contribution < -0.4 is 5.32 Å². The van der Waals surface area contributed by atoms with Crippen LogP contribution in [0.25, 0.3) is 0 Å². The van der Waals surface area contributed by atoms with Crippen molar-refractivity contribution < 1.29 is 0 Å². The standard InChI is InChI=1S/C14H17BrN2S/c1-2-17-13(6-11-4-3-5-16-9-11)8-14-7-12(15)10-18-14/h3-5,7,9-10,13,17H,2,6,8H2,1H3. The predicted octanol–water partition coefficient (Wildman–Crippen LogP) is 3.67. The largest absolute Gasteiger partial charge is 0.314 e. The third kappa shape index (κ3) is 4.19. The van der Waals surface area contributed by atoms with Gasteiger partial charge in [0.25, 0.3) is 0 Å². The Kier molecular flexibility index (Phi) is 5.35. The van der Waals surface area contributed by atoms with E-state index in [4.69, 9.17) is 0 Å². The Labute approximate surface area is 121 Å². The molecule has 0 radical (unpaired) electrons. The number of nitrogens with one attached hydrogen (secondary N) is 1. The van der Waals surface area contributed by atoms with Gasteiger partial charge in [-0.05, 0) is 53.0 Å². The average Bonchev–Trinajstić information content (AvgIpc) is 2.76. The average molecular weight is 325 g/mol. The fourth-order valence-electron chi connectivity index (χ4n) is 2.01. The van der Waals surface area contributed by atoms with Crippen LogP contribution in [-0.4, -0.2) is 17.6 Å². The van der Waals surface area contributed by atoms with Crippen molar-refractivity contribution in [3.8, 4) is 0 Å². The molecule has 0 aliphatic heterocycles. The first-order valence-electron chi connectivity index (χ1n) is 6.13. The molecular weight excluding hydrogens is 308 g/mol. The van der Waals surface area contributed by atoms with Gasteiger partial charge in [-0.2, -0.15) is 0 Å². The molecule has 0 aromatic carbocycles. The van der Waals surface area contributed by atoms with E-state index in [-0.39, 0.29) is 0 Å². The summed E-state index contributed by atoms with van der Waals surface area (Å²) in [5, 5.41) is 5.69. The van der Waals surface area contributed by atoms with Crippen molar-refractivity contribution >= 4 is 27.3 Å². The summed E-state index contributed by atoms with van der Waals surface area (Å²) in [6, 6.07) is 6.82. The van der Waals surface area contributed by atoms with Crippen molar-refractivity contribution in [3.63, 3.8) is 0 Å². The highest BCUT2D eigenvalue weighted by Crippen LogP contribution is 2.21. The van der Waals surface area contributed by atoms with E-state index in [1.54, 1.807) is 0 Å². The van der Waals surface area contributed by atoms with Gasteiger partial charge in [0.2, 0.25) is 0 Å². The van der Waals surface area contributed by atoms with Gasteiger partial charge in [0.15, 0.2) is 0 Å². The van der Waals surface area contributed by atoms with Gasteiger partial charge < -0.3 is 5.32 Å². The zero-order valence-electron chi connectivity index (χ0n) is 10.4. The number of rotatable bonds is 6. The minimum atomic E-state index is 0.477. The number of hydrogen-bond donors (Lipinski definition) is 1. The molecule has 0 aliphatic carbocycles. The maximum atomic E-state index is 4.18. The van der Waals surface area contributed by atoms with Gasteiger partial charge in [-0.1, -0.05) is 13.0 Å². The first-order chi connectivity index (χ1) is 8.78. The number of hydrogen-bond acceptors (Lipinski definition) is 3. The first-order valence-corrected chi connectivity index (χ1v) is 7.80. The van der Waals surface area contributed by atoms with E-state index < -0.39 is 0 Å². The summed E-state index contributed by atoms with van der Waals surface area (Å²) in [6.45, 7) is 3.15. The number of halogens is 1. The van der Waals surface area contributed by atoms with E-state index in [0.717, 1.165) is 19.4 Å². The second-order valence-electron chi connectivity index (χ2n) is 4.26. The molecule has 4 heteroatoms. The molecule has 0 saturated carbocycles. The van der Waals surface area contributed by atoms with Crippen molar-refractivity contribution in [2.45, 2.75) is 25.8 Å². The summed E-state index contributed by atoms with van der Waals surface area (Å²) < 4.78 is 1.18. The molecule has 2 rings (SSSR count). The number of nitrogens with zero attached hydrogens (tertiary/aromatic N) is 1. The van der Waals surface area contributed by atoms with Gasteiger partial charge in [0.1, 0.15) is 0 Å². The lowest BCUT2D eigenvalue weighted by Gasteiger charge is -2.17. The molecule has 1 N–H and O–H groups in total. The molecular formula is C14H17BrN2S. The Morgan fingerprint density at radius 2 is 2.33 bits per heavy atom. The number of likely N-dealkylation sites (N-methyl/N-ethyl adjacent to an activating group) is 1. The van der Waals surface area contributed by atoms with E-state index >= 15 is 0 Å². The van der Waals surface area contributed by atoms with Gasteiger partial charge in [-0.25, -0.2) is 0 Å². The van der Waals surface area contributed by atoms with Gasteiger partial charge >= 0.3 is 0 Å². The number of aromatic nitrogens is 1. The first kappa shape index (κ1) is 13.7. The van der Waals surface area contributed by atoms with Gasteiger partial charge in [0, 0.05) is 33.2 Å². The number of thiophene rings is 1. The smallest absolute Gasteiger partial charge is 0.0300 e. The summed E-state index contributed by atoms with van der Waals surface area (Å²) in [5.41, 5.74) is 1.29. The van der Waals surface area contributed by atoms with Crippen LogP contribution in [0.5, 0.6) is 0 Å². The summed E-state index contributed by atoms with van der Waals surface area (Å²) in [6.07, 6.45) is 5.87. The van der Waals surface area contributed by atoms with Crippen molar-refractivity contribution in [2.75, 3.05) is 6.54 Å². The summed E-state index contributed by atoms with van der Waals surface area (Å²) in [7, 11) is 0. The Balaban J connectivity index is 1.99. The van der Waals surface area contributed by atoms with E-state index in [0.29, 0.717) is 6.04 Å². The topological polar surface area (TPSA) is 24.9 Å². The fourth-order valence-corrected chi connectivity index (χ4v) is 3.54. The molecule has 0 saturated heterocycles. The van der Waals surface area contributed by atoms with Crippen LogP contribution in [0.1, 0.15) is 17.4 Å². The highest BCUT2D eigenvalue weighted by atomic mass is 79.9. The summed E-state index contributed by atoms with van der Waals surface area (Å²) in [4.78, 5) is 5.59. The van der Waals surface area contributed by atoms with Crippen LogP contribution >= 0.6 is 27.3 Å². The highest BCUT2D eigenvalue weighted by molar-refractivity contribution is 9.10. The summed E-state index contributed by atoms with van der Waals surface area (Å²) in [5.74, 6) is 0. The fraction of sp³-hybridized carbons (Fsp3) is 0.357. The van der Waals surface area contributed by atoms with Crippen molar-refractivity contribution in [1.82, 2.24) is 10.3 Å². The molecule has 0 bridgehead atoms. The van der Waals surface area contributed by atoms with Crippen molar-refractivity contribution in [1.29, 1.82) is 0 Å². The van der Waals surface area contributed by atoms with Crippen LogP contribution in [0.15, 0.2) is 40.4 Å². The monoisotopic (exact) mass is 324 g/mol. The Morgan fingerprint density at radius 3 is 2.94 bits per heavy atom. The van der Waals surface area contributed by atoms with Crippen LogP contribution in [0.2, 0.25) is 0 Å². The number of pyridine rings is 1. The second-order valence-corrected chi connectivity index (χ2v) is 6.17. The zero-order valence-corrected chi connectivity index (χ0v) is 12.8. The molecule has 96 valence electrons. The quantitative estimate of drug-likeness (QED) is 0.876. The van der Waals surface area contributed by atoms with Gasteiger partial charge in [-0.15, -0.1) is 11.3 Å². The van der Waals surface area contributed by atoms with Crippen LogP contribution in [0.4, 0.5) is 0 Å². The Bertz CT molecular complexity index is 470. The third-order valence-electron chi connectivity index (χ3n) is 2.77. The maximum Gasteiger partial charge on any atom is 0.0300 e. The molecule has 0 fully saturated rings. The zero-order chi connectivity index (χ0) is 12.8. The third-order valence-corrected chi connectivity index (χ3v) is 4.49. The Morgan fingerprint density at radius 1 is 1.44 bits per heavy atom. The van der Waals surface area contributed by atoms with E-state index in [1.165, 1.54) is 14.9 Å². The molecule has 18 heavy (non-hydrogen) atoms. The van der Waals surface area contributed by atoms with Crippen molar-refractivity contribution in [2.24, 2.45) is 0 Å². The lowest BCUT2D eigenvalue weighted by molar-refractivity contribution is 0.524. The highest BCUT2D eigenvalue weighted by Gasteiger charge is 2.11. The Hall–Kier alpha value is -0.710. The van der Waals surface area contributed by atoms with Crippen LogP contribution in [-0.2, 0) is 12.8 Å². The molecule has 2 nitrogen and oxygen atoms in total. The van der Waals surface area contributed by atoms with Gasteiger partial charge in [0.05, 0.1) is 0 Å². The maximum absolute atomic E-state index is 4.18. The molecule has 2 heterocycles. The minimum absolute atomic E-state index is 0.477. The normalized spacial score (nSPS) is 12.6. The van der Waals surface area contributed by atoms with E-state index in [1.807, 2.05) is 29.8 Å².